The molecule has 9 nitrogen and oxygen atoms in total. The molecule has 9 heteroatoms. The number of carbonyl (C=O) groups is 1. The zero-order valence-corrected chi connectivity index (χ0v) is 14.0. The molecule has 1 aromatic carbocycles. The number of esters is 1. The fraction of sp³-hybridized carbons (Fsp3) is 0.471. The van der Waals surface area contributed by atoms with Gasteiger partial charge in [0.1, 0.15) is 17.8 Å². The van der Waals surface area contributed by atoms with Crippen LogP contribution < -0.4 is 0 Å². The molecule has 2 rings (SSSR count). The Labute approximate surface area is 149 Å². The number of carbonyl (C=O) groups excluding carboxylic acids is 1. The Bertz CT molecular complexity index is 662. The van der Waals surface area contributed by atoms with E-state index in [2.05, 4.69) is 4.74 Å². The van der Waals surface area contributed by atoms with Gasteiger partial charge in [0.25, 0.3) is 0 Å². The highest BCUT2D eigenvalue weighted by molar-refractivity contribution is 5.87. The zero-order valence-electron chi connectivity index (χ0n) is 14.0. The van der Waals surface area contributed by atoms with Gasteiger partial charge < -0.3 is 40.1 Å². The lowest BCUT2D eigenvalue weighted by Crippen LogP contribution is -2.74. The highest BCUT2D eigenvalue weighted by Crippen LogP contribution is 2.39. The molecule has 6 N–H and O–H groups in total. The van der Waals surface area contributed by atoms with E-state index in [1.165, 1.54) is 31.4 Å². The maximum Gasteiger partial charge on any atom is 0.331 e. The van der Waals surface area contributed by atoms with Gasteiger partial charge in [0.15, 0.2) is 23.9 Å². The van der Waals surface area contributed by atoms with Gasteiger partial charge in [-0.2, -0.15) is 0 Å². The van der Waals surface area contributed by atoms with Crippen LogP contribution in [0.25, 0.3) is 6.08 Å². The molecule has 0 saturated heterocycles. The van der Waals surface area contributed by atoms with Crippen molar-refractivity contribution in [2.75, 3.05) is 7.11 Å². The van der Waals surface area contributed by atoms with Crippen molar-refractivity contribution in [2.45, 2.75) is 43.0 Å². The minimum Gasteiger partial charge on any atom is -0.504 e. The lowest BCUT2D eigenvalue weighted by molar-refractivity contribution is -0.294. The fourth-order valence-corrected chi connectivity index (χ4v) is 2.68. The van der Waals surface area contributed by atoms with Crippen LogP contribution in [-0.2, 0) is 14.3 Å². The number of hydrogen-bond donors (Lipinski definition) is 6. The second-order valence-corrected chi connectivity index (χ2v) is 6.09. The normalized spacial score (nSPS) is 29.3. The number of benzene rings is 1. The molecule has 1 aromatic rings. The quantitative estimate of drug-likeness (QED) is 0.157. The number of ether oxygens (including phenoxy) is 2. The van der Waals surface area contributed by atoms with Gasteiger partial charge in [-0.3, -0.25) is 0 Å². The summed E-state index contributed by atoms with van der Waals surface area (Å²) in [6, 6.07) is 3.92. The molecule has 0 radical (unpaired) electrons. The molecule has 1 aliphatic carbocycles. The molecule has 144 valence electrons. The van der Waals surface area contributed by atoms with Crippen molar-refractivity contribution in [1.82, 2.24) is 0 Å². The van der Waals surface area contributed by atoms with Crippen molar-refractivity contribution < 1.29 is 44.9 Å². The number of methoxy groups -OCH3 is 1. The van der Waals surface area contributed by atoms with Crippen LogP contribution in [0.2, 0.25) is 0 Å². The summed E-state index contributed by atoms with van der Waals surface area (Å²) in [4.78, 5) is 11.8. The van der Waals surface area contributed by atoms with Crippen molar-refractivity contribution in [2.24, 2.45) is 0 Å². The predicted octanol–water partition coefficient (Wildman–Crippen LogP) is -0.766. The second-order valence-electron chi connectivity index (χ2n) is 6.09. The fourth-order valence-electron chi connectivity index (χ4n) is 2.68. The topological polar surface area (TPSA) is 157 Å². The summed E-state index contributed by atoms with van der Waals surface area (Å²) in [6.07, 6.45) is -3.35. The van der Waals surface area contributed by atoms with Gasteiger partial charge >= 0.3 is 5.97 Å². The van der Waals surface area contributed by atoms with E-state index in [1.807, 2.05) is 0 Å². The Hall–Kier alpha value is -2.17. The Morgan fingerprint density at radius 3 is 2.50 bits per heavy atom. The number of aliphatic hydroxyl groups is 4. The van der Waals surface area contributed by atoms with Crippen LogP contribution in [-0.4, -0.2) is 73.9 Å². The number of aromatic hydroxyl groups is 2. The second kappa shape index (κ2) is 8.02. The standard InChI is InChI=1S/C17H22O9/c1-25-12(20)6-7-17(24)15(22)14(16(17)23)26-13(21)5-3-9-2-4-10(18)11(19)8-9/h2-5,8,12,14-16,18-20,22-24H,6-7H2,1H3/b5-3+/t12?,14?,15-,16+,17?. The van der Waals surface area contributed by atoms with Crippen LogP contribution in [0.4, 0.5) is 0 Å². The maximum atomic E-state index is 11.8. The monoisotopic (exact) mass is 370 g/mol. The van der Waals surface area contributed by atoms with Gasteiger partial charge in [0, 0.05) is 19.6 Å². The summed E-state index contributed by atoms with van der Waals surface area (Å²) >= 11 is 0. The lowest BCUT2D eigenvalue weighted by Gasteiger charge is -2.52. The summed E-state index contributed by atoms with van der Waals surface area (Å²) in [5, 5.41) is 58.1. The molecule has 1 aliphatic rings. The van der Waals surface area contributed by atoms with Crippen LogP contribution in [0.5, 0.6) is 11.5 Å². The van der Waals surface area contributed by atoms with Crippen LogP contribution in [0, 0.1) is 0 Å². The molecule has 26 heavy (non-hydrogen) atoms. The first-order valence-electron chi connectivity index (χ1n) is 7.89. The maximum absolute atomic E-state index is 11.8. The lowest BCUT2D eigenvalue weighted by atomic mass is 9.68. The summed E-state index contributed by atoms with van der Waals surface area (Å²) in [6.45, 7) is 0. The van der Waals surface area contributed by atoms with E-state index >= 15 is 0 Å². The summed E-state index contributed by atoms with van der Waals surface area (Å²) in [5.41, 5.74) is -1.49. The Kier molecular flexibility index (Phi) is 6.21. The molecule has 1 saturated carbocycles. The van der Waals surface area contributed by atoms with Crippen LogP contribution in [0.3, 0.4) is 0 Å². The molecular weight excluding hydrogens is 348 g/mol. The van der Waals surface area contributed by atoms with E-state index in [-0.39, 0.29) is 24.3 Å². The van der Waals surface area contributed by atoms with E-state index in [1.54, 1.807) is 0 Å². The third kappa shape index (κ3) is 4.14. The molecule has 0 heterocycles. The van der Waals surface area contributed by atoms with Gasteiger partial charge in [-0.05, 0) is 30.2 Å². The van der Waals surface area contributed by atoms with E-state index in [0.29, 0.717) is 5.56 Å². The number of aliphatic hydroxyl groups excluding tert-OH is 3. The minimum absolute atomic E-state index is 0.0218. The predicted molar refractivity (Wildman–Crippen MR) is 87.9 cm³/mol. The summed E-state index contributed by atoms with van der Waals surface area (Å²) in [7, 11) is 1.27. The van der Waals surface area contributed by atoms with Crippen molar-refractivity contribution in [3.63, 3.8) is 0 Å². The molecule has 1 fully saturated rings. The Morgan fingerprint density at radius 1 is 1.27 bits per heavy atom. The van der Waals surface area contributed by atoms with Crippen LogP contribution in [0.15, 0.2) is 24.3 Å². The average Bonchev–Trinajstić information content (AvgIpc) is 2.63. The molecule has 3 unspecified atom stereocenters. The largest absolute Gasteiger partial charge is 0.504 e. The third-order valence-electron chi connectivity index (χ3n) is 4.37. The first-order valence-corrected chi connectivity index (χ1v) is 7.89. The number of phenolic OH excluding ortho intramolecular Hbond substituents is 2. The van der Waals surface area contributed by atoms with Gasteiger partial charge in [-0.15, -0.1) is 0 Å². The van der Waals surface area contributed by atoms with Crippen molar-refractivity contribution in [3.05, 3.63) is 29.8 Å². The average molecular weight is 370 g/mol. The molecule has 5 atom stereocenters. The highest BCUT2D eigenvalue weighted by Gasteiger charge is 2.62. The molecule has 0 aliphatic heterocycles. The smallest absolute Gasteiger partial charge is 0.331 e. The first-order chi connectivity index (χ1) is 12.2. The Balaban J connectivity index is 1.91. The van der Waals surface area contributed by atoms with Crippen molar-refractivity contribution in [1.29, 1.82) is 0 Å². The summed E-state index contributed by atoms with van der Waals surface area (Å²) < 4.78 is 9.54. The highest BCUT2D eigenvalue weighted by atomic mass is 16.6. The molecule has 0 bridgehead atoms. The number of rotatable bonds is 7. The van der Waals surface area contributed by atoms with E-state index in [4.69, 9.17) is 4.74 Å². The number of phenols is 2. The van der Waals surface area contributed by atoms with Gasteiger partial charge in [0.05, 0.1) is 0 Å². The van der Waals surface area contributed by atoms with Crippen molar-refractivity contribution in [3.8, 4) is 11.5 Å². The van der Waals surface area contributed by atoms with Gasteiger partial charge in [-0.25, -0.2) is 4.79 Å². The van der Waals surface area contributed by atoms with Crippen LogP contribution >= 0.6 is 0 Å². The van der Waals surface area contributed by atoms with E-state index < -0.39 is 36.2 Å². The molecular formula is C17H22O9. The van der Waals surface area contributed by atoms with E-state index in [9.17, 15) is 35.4 Å². The third-order valence-corrected chi connectivity index (χ3v) is 4.37. The van der Waals surface area contributed by atoms with E-state index in [0.717, 1.165) is 6.08 Å². The Morgan fingerprint density at radius 2 is 1.92 bits per heavy atom. The van der Waals surface area contributed by atoms with Crippen molar-refractivity contribution >= 4 is 12.0 Å². The SMILES string of the molecule is COC(O)CCC1(O)[C@H](O)C(OC(=O)/C=C/c2ccc(O)c(O)c2)[C@@H]1O. The first kappa shape index (κ1) is 20.1. The molecule has 0 amide bonds. The van der Waals surface area contributed by atoms with Gasteiger partial charge in [0.2, 0.25) is 0 Å². The number of hydrogen-bond acceptors (Lipinski definition) is 9. The molecule has 0 spiro atoms. The molecule has 0 aromatic heterocycles. The minimum atomic E-state index is -1.91. The van der Waals surface area contributed by atoms with Crippen LogP contribution in [0.1, 0.15) is 18.4 Å². The summed E-state index contributed by atoms with van der Waals surface area (Å²) in [5.74, 6) is -1.53. The van der Waals surface area contributed by atoms with Gasteiger partial charge in [-0.1, -0.05) is 6.07 Å². The zero-order chi connectivity index (χ0) is 19.5.